The van der Waals surface area contributed by atoms with E-state index >= 15 is 0 Å². The lowest BCUT2D eigenvalue weighted by Crippen LogP contribution is -2.48. The molecule has 7 heteroatoms. The lowest BCUT2D eigenvalue weighted by atomic mass is 10.1. The van der Waals surface area contributed by atoms with Gasteiger partial charge in [0, 0.05) is 11.9 Å². The van der Waals surface area contributed by atoms with Gasteiger partial charge in [-0.05, 0) is 47.0 Å². The highest BCUT2D eigenvalue weighted by molar-refractivity contribution is 7.09. The van der Waals surface area contributed by atoms with E-state index in [-0.39, 0.29) is 11.9 Å². The Bertz CT molecular complexity index is 594. The van der Waals surface area contributed by atoms with Crippen molar-refractivity contribution in [2.24, 2.45) is 0 Å². The summed E-state index contributed by atoms with van der Waals surface area (Å²) in [5.41, 5.74) is 0.303. The van der Waals surface area contributed by atoms with E-state index in [0.717, 1.165) is 23.5 Å². The summed E-state index contributed by atoms with van der Waals surface area (Å²) in [6, 6.07) is -0.637. The van der Waals surface area contributed by atoms with Crippen LogP contribution in [0.3, 0.4) is 0 Å². The van der Waals surface area contributed by atoms with Crippen LogP contribution < -0.4 is 5.32 Å². The fraction of sp³-hybridized carbons (Fsp3) is 0.706. The Morgan fingerprint density at radius 1 is 1.50 bits per heavy atom. The number of nitrogens with one attached hydrogen (secondary N) is 1. The molecule has 2 heterocycles. The van der Waals surface area contributed by atoms with E-state index in [4.69, 9.17) is 4.74 Å². The second-order valence-corrected chi connectivity index (χ2v) is 8.02. The zero-order valence-electron chi connectivity index (χ0n) is 15.1. The van der Waals surface area contributed by atoms with Crippen LogP contribution in [0.5, 0.6) is 0 Å². The molecular weight excluding hydrogens is 326 g/mol. The van der Waals surface area contributed by atoms with Crippen molar-refractivity contribution >= 4 is 23.3 Å². The van der Waals surface area contributed by atoms with E-state index in [0.29, 0.717) is 13.0 Å². The molecule has 24 heavy (non-hydrogen) atoms. The first-order valence-electron chi connectivity index (χ1n) is 8.45. The molecule has 1 saturated heterocycles. The molecule has 0 aromatic carbocycles. The lowest BCUT2D eigenvalue weighted by Gasteiger charge is -2.28. The van der Waals surface area contributed by atoms with Crippen LogP contribution in [0.15, 0.2) is 5.38 Å². The van der Waals surface area contributed by atoms with Crippen LogP contribution in [0.1, 0.15) is 64.2 Å². The van der Waals surface area contributed by atoms with E-state index in [1.165, 1.54) is 4.90 Å². The molecule has 0 saturated carbocycles. The number of thiazole rings is 1. The summed E-state index contributed by atoms with van der Waals surface area (Å²) in [5, 5.41) is 6.01. The number of nitrogens with zero attached hydrogens (tertiary/aromatic N) is 2. The average molecular weight is 353 g/mol. The summed E-state index contributed by atoms with van der Waals surface area (Å²) < 4.78 is 5.41. The second-order valence-electron chi connectivity index (χ2n) is 7.08. The minimum atomic E-state index is -0.564. The Morgan fingerprint density at radius 3 is 2.79 bits per heavy atom. The molecule has 0 spiro atoms. The summed E-state index contributed by atoms with van der Waals surface area (Å²) in [4.78, 5) is 30.9. The summed E-state index contributed by atoms with van der Waals surface area (Å²) >= 11 is 1.60. The highest BCUT2D eigenvalue weighted by Crippen LogP contribution is 2.23. The van der Waals surface area contributed by atoms with Crippen LogP contribution in [0.2, 0.25) is 0 Å². The Hall–Kier alpha value is -1.63. The van der Waals surface area contributed by atoms with Crippen LogP contribution in [0.25, 0.3) is 0 Å². The molecule has 1 N–H and O–H groups in total. The van der Waals surface area contributed by atoms with E-state index in [1.807, 2.05) is 33.1 Å². The second kappa shape index (κ2) is 7.51. The number of carbonyl (C=O) groups excluding carboxylic acids is 2. The van der Waals surface area contributed by atoms with Gasteiger partial charge in [0.15, 0.2) is 0 Å². The van der Waals surface area contributed by atoms with Crippen molar-refractivity contribution in [1.29, 1.82) is 0 Å². The van der Waals surface area contributed by atoms with Gasteiger partial charge in [0.25, 0.3) is 0 Å². The highest BCUT2D eigenvalue weighted by Gasteiger charge is 2.37. The number of carbonyl (C=O) groups is 2. The summed E-state index contributed by atoms with van der Waals surface area (Å²) in [5.74, 6) is -0.142. The van der Waals surface area contributed by atoms with Crippen molar-refractivity contribution in [3.05, 3.63) is 16.1 Å². The van der Waals surface area contributed by atoms with Gasteiger partial charge in [0.05, 0.1) is 16.7 Å². The molecule has 0 bridgehead atoms. The average Bonchev–Trinajstić information content (AvgIpc) is 3.14. The Kier molecular flexibility index (Phi) is 5.85. The van der Waals surface area contributed by atoms with Gasteiger partial charge in [-0.25, -0.2) is 9.78 Å². The molecule has 0 radical (unpaired) electrons. The van der Waals surface area contributed by atoms with Gasteiger partial charge in [-0.2, -0.15) is 0 Å². The van der Waals surface area contributed by atoms with Crippen LogP contribution in [0.4, 0.5) is 4.79 Å². The SMILES string of the molecule is CCc1nc(C(C)NC(=O)C2CCCN2C(=O)OC(C)(C)C)cs1. The van der Waals surface area contributed by atoms with Gasteiger partial charge in [0.1, 0.15) is 11.6 Å². The quantitative estimate of drug-likeness (QED) is 0.902. The summed E-state index contributed by atoms with van der Waals surface area (Å²) in [6.07, 6.45) is 1.94. The standard InChI is InChI=1S/C17H27N3O3S/c1-6-14-19-12(10-24-14)11(2)18-15(21)13-8-7-9-20(13)16(22)23-17(3,4)5/h10-11,13H,6-9H2,1-5H3,(H,18,21). The molecule has 2 atom stereocenters. The highest BCUT2D eigenvalue weighted by atomic mass is 32.1. The van der Waals surface area contributed by atoms with E-state index in [2.05, 4.69) is 17.2 Å². The first-order valence-corrected chi connectivity index (χ1v) is 9.33. The number of aryl methyl sites for hydroxylation is 1. The van der Waals surface area contributed by atoms with Gasteiger partial charge in [-0.15, -0.1) is 11.3 Å². The van der Waals surface area contributed by atoms with Gasteiger partial charge >= 0.3 is 6.09 Å². The van der Waals surface area contributed by atoms with Crippen molar-refractivity contribution < 1.29 is 14.3 Å². The zero-order chi connectivity index (χ0) is 17.9. The minimum Gasteiger partial charge on any atom is -0.444 e. The number of amides is 2. The van der Waals surface area contributed by atoms with Gasteiger partial charge < -0.3 is 10.1 Å². The zero-order valence-corrected chi connectivity index (χ0v) is 15.9. The van der Waals surface area contributed by atoms with Crippen LogP contribution in [-0.4, -0.2) is 40.1 Å². The van der Waals surface area contributed by atoms with E-state index < -0.39 is 17.7 Å². The molecular formula is C17H27N3O3S. The van der Waals surface area contributed by atoms with Crippen molar-refractivity contribution in [3.63, 3.8) is 0 Å². The molecule has 1 fully saturated rings. The maximum absolute atomic E-state index is 12.6. The molecule has 1 aliphatic rings. The normalized spacial score (nSPS) is 19.2. The Balaban J connectivity index is 1.98. The van der Waals surface area contributed by atoms with Crippen molar-refractivity contribution in [1.82, 2.24) is 15.2 Å². The molecule has 1 aromatic heterocycles. The Morgan fingerprint density at radius 2 is 2.21 bits per heavy atom. The third-order valence-corrected chi connectivity index (χ3v) is 4.87. The van der Waals surface area contributed by atoms with Crippen LogP contribution in [-0.2, 0) is 16.0 Å². The number of likely N-dealkylation sites (tertiary alicyclic amines) is 1. The molecule has 6 nitrogen and oxygen atoms in total. The fourth-order valence-corrected chi connectivity index (χ4v) is 3.49. The predicted octanol–water partition coefficient (Wildman–Crippen LogP) is 3.28. The van der Waals surface area contributed by atoms with Gasteiger partial charge in [-0.1, -0.05) is 6.92 Å². The number of hydrogen-bond acceptors (Lipinski definition) is 5. The molecule has 1 aliphatic heterocycles. The number of rotatable bonds is 4. The lowest BCUT2D eigenvalue weighted by molar-refractivity contribution is -0.126. The third-order valence-electron chi connectivity index (χ3n) is 3.86. The molecule has 0 aliphatic carbocycles. The first kappa shape index (κ1) is 18.7. The topological polar surface area (TPSA) is 71.5 Å². The molecule has 2 rings (SSSR count). The van der Waals surface area contributed by atoms with E-state index in [1.54, 1.807) is 11.3 Å². The molecule has 134 valence electrons. The molecule has 2 amide bonds. The maximum Gasteiger partial charge on any atom is 0.410 e. The van der Waals surface area contributed by atoms with Gasteiger partial charge in [-0.3, -0.25) is 9.69 Å². The molecule has 1 aromatic rings. The Labute approximate surface area is 147 Å². The summed E-state index contributed by atoms with van der Waals surface area (Å²) in [7, 11) is 0. The minimum absolute atomic E-state index is 0.142. The smallest absolute Gasteiger partial charge is 0.410 e. The third kappa shape index (κ3) is 4.69. The van der Waals surface area contributed by atoms with Crippen LogP contribution >= 0.6 is 11.3 Å². The molecule has 2 unspecified atom stereocenters. The maximum atomic E-state index is 12.6. The van der Waals surface area contributed by atoms with E-state index in [9.17, 15) is 9.59 Å². The monoisotopic (exact) mass is 353 g/mol. The fourth-order valence-electron chi connectivity index (χ4n) is 2.65. The van der Waals surface area contributed by atoms with Crippen molar-refractivity contribution in [3.8, 4) is 0 Å². The van der Waals surface area contributed by atoms with Crippen LogP contribution in [0, 0.1) is 0 Å². The van der Waals surface area contributed by atoms with Gasteiger partial charge in [0.2, 0.25) is 5.91 Å². The van der Waals surface area contributed by atoms with Crippen molar-refractivity contribution in [2.45, 2.75) is 71.6 Å². The number of hydrogen-bond donors (Lipinski definition) is 1. The number of aromatic nitrogens is 1. The first-order chi connectivity index (χ1) is 11.2. The summed E-state index contributed by atoms with van der Waals surface area (Å²) in [6.45, 7) is 10.0. The number of ether oxygens (including phenoxy) is 1. The van der Waals surface area contributed by atoms with Crippen molar-refractivity contribution in [2.75, 3.05) is 6.54 Å². The largest absolute Gasteiger partial charge is 0.444 e. The predicted molar refractivity (Wildman–Crippen MR) is 94.0 cm³/mol.